The molecule has 0 radical (unpaired) electrons. The molecule has 2 N–H and O–H groups in total. The van der Waals surface area contributed by atoms with Gasteiger partial charge in [-0.25, -0.2) is 4.99 Å². The summed E-state index contributed by atoms with van der Waals surface area (Å²) in [6, 6.07) is 6.03. The third kappa shape index (κ3) is 5.93. The summed E-state index contributed by atoms with van der Waals surface area (Å²) in [5.74, 6) is 2.41. The molecular formula is C24H37N5O2. The molecule has 1 aromatic heterocycles. The van der Waals surface area contributed by atoms with Crippen molar-refractivity contribution in [2.45, 2.75) is 65.5 Å². The zero-order valence-electron chi connectivity index (χ0n) is 19.6. The zero-order valence-corrected chi connectivity index (χ0v) is 19.6. The van der Waals surface area contributed by atoms with Crippen molar-refractivity contribution in [2.24, 2.45) is 12.0 Å². The number of para-hydroxylation sites is 1. The first kappa shape index (κ1) is 23.0. The molecule has 1 aliphatic rings. The van der Waals surface area contributed by atoms with Crippen molar-refractivity contribution in [1.29, 1.82) is 0 Å². The van der Waals surface area contributed by atoms with Gasteiger partial charge in [0.05, 0.1) is 25.5 Å². The molecule has 0 aliphatic heterocycles. The molecule has 0 unspecified atom stereocenters. The topological polar surface area (TPSA) is 72.7 Å². The number of rotatable bonds is 9. The molecule has 0 bridgehead atoms. The second-order valence-electron chi connectivity index (χ2n) is 8.12. The van der Waals surface area contributed by atoms with Crippen molar-refractivity contribution < 1.29 is 9.47 Å². The van der Waals surface area contributed by atoms with Crippen LogP contribution in [0.4, 0.5) is 0 Å². The highest BCUT2D eigenvalue weighted by atomic mass is 16.5. The summed E-state index contributed by atoms with van der Waals surface area (Å²) in [6.45, 7) is 8.38. The number of ether oxygens (including phenoxy) is 2. The number of nitrogens with one attached hydrogen (secondary N) is 2. The van der Waals surface area contributed by atoms with Crippen LogP contribution >= 0.6 is 0 Å². The van der Waals surface area contributed by atoms with E-state index in [1.807, 2.05) is 23.9 Å². The van der Waals surface area contributed by atoms with E-state index in [0.29, 0.717) is 6.54 Å². The third-order valence-electron chi connectivity index (χ3n) is 5.95. The van der Waals surface area contributed by atoms with Crippen LogP contribution in [0, 0.1) is 13.8 Å². The fourth-order valence-corrected chi connectivity index (χ4v) is 4.14. The molecule has 170 valence electrons. The highest BCUT2D eigenvalue weighted by Crippen LogP contribution is 2.35. The van der Waals surface area contributed by atoms with Crippen LogP contribution in [0.15, 0.2) is 23.2 Å². The maximum atomic E-state index is 6.34. The minimum atomic E-state index is 0.274. The molecule has 1 aliphatic carbocycles. The van der Waals surface area contributed by atoms with E-state index >= 15 is 0 Å². The van der Waals surface area contributed by atoms with Crippen LogP contribution in [0.1, 0.15) is 55.1 Å². The number of guanidine groups is 1. The van der Waals surface area contributed by atoms with Gasteiger partial charge < -0.3 is 20.1 Å². The van der Waals surface area contributed by atoms with Crippen molar-refractivity contribution in [1.82, 2.24) is 20.4 Å². The molecule has 31 heavy (non-hydrogen) atoms. The minimum Gasteiger partial charge on any atom is -0.493 e. The van der Waals surface area contributed by atoms with Crippen molar-refractivity contribution in [3.63, 3.8) is 0 Å². The highest BCUT2D eigenvalue weighted by Gasteiger charge is 2.20. The van der Waals surface area contributed by atoms with Crippen LogP contribution in [0.25, 0.3) is 0 Å². The molecule has 1 heterocycles. The third-order valence-corrected chi connectivity index (χ3v) is 5.95. The lowest BCUT2D eigenvalue weighted by atomic mass is 10.1. The molecule has 3 rings (SSSR count). The van der Waals surface area contributed by atoms with Gasteiger partial charge in [0, 0.05) is 31.4 Å². The normalized spacial score (nSPS) is 14.7. The summed E-state index contributed by atoms with van der Waals surface area (Å²) in [5, 5.41) is 11.3. The van der Waals surface area contributed by atoms with Gasteiger partial charge in [-0.05, 0) is 64.5 Å². The van der Waals surface area contributed by atoms with Gasteiger partial charge in [-0.3, -0.25) is 4.68 Å². The Morgan fingerprint density at radius 1 is 1.23 bits per heavy atom. The molecule has 0 spiro atoms. The molecule has 0 saturated heterocycles. The molecular weight excluding hydrogens is 390 g/mol. The summed E-state index contributed by atoms with van der Waals surface area (Å²) in [7, 11) is 3.68. The van der Waals surface area contributed by atoms with Gasteiger partial charge >= 0.3 is 0 Å². The summed E-state index contributed by atoms with van der Waals surface area (Å²) in [5.41, 5.74) is 4.65. The fraction of sp³-hybridized carbons (Fsp3) is 0.583. The van der Waals surface area contributed by atoms with E-state index in [-0.39, 0.29) is 6.10 Å². The van der Waals surface area contributed by atoms with Gasteiger partial charge in [-0.2, -0.15) is 5.10 Å². The SMILES string of the molecule is CCNC(=NCc1cccc(OC)c1OC1CCCC1)NCCc1c(C)nn(C)c1C. The number of methoxy groups -OCH3 is 1. The summed E-state index contributed by atoms with van der Waals surface area (Å²) >= 11 is 0. The van der Waals surface area contributed by atoms with Crippen molar-refractivity contribution >= 4 is 5.96 Å². The lowest BCUT2D eigenvalue weighted by Gasteiger charge is -2.19. The standard InChI is InChI=1S/C24H37N5O2/c1-6-25-24(26-15-14-21-17(2)28-29(4)18(21)3)27-16-19-10-9-13-22(30-5)23(19)31-20-11-7-8-12-20/h9-10,13,20H,6-8,11-12,14-16H2,1-5H3,(H2,25,26,27). The zero-order chi connectivity index (χ0) is 22.2. The van der Waals surface area contributed by atoms with Gasteiger partial charge in [0.25, 0.3) is 0 Å². The molecule has 1 saturated carbocycles. The molecule has 0 atom stereocenters. The first-order chi connectivity index (χ1) is 15.0. The molecule has 1 aromatic carbocycles. The number of benzene rings is 1. The Bertz CT molecular complexity index is 884. The Kier molecular flexibility index (Phi) is 8.20. The van der Waals surface area contributed by atoms with Gasteiger partial charge in [0.15, 0.2) is 17.5 Å². The maximum absolute atomic E-state index is 6.34. The van der Waals surface area contributed by atoms with E-state index in [9.17, 15) is 0 Å². The van der Waals surface area contributed by atoms with Gasteiger partial charge in [0.2, 0.25) is 0 Å². The van der Waals surface area contributed by atoms with Crippen molar-refractivity contribution in [3.05, 3.63) is 40.7 Å². The van der Waals surface area contributed by atoms with Crippen LogP contribution in [0.2, 0.25) is 0 Å². The Hall–Kier alpha value is -2.70. The van der Waals surface area contributed by atoms with Crippen LogP contribution in [0.5, 0.6) is 11.5 Å². The number of aryl methyl sites for hydroxylation is 2. The van der Waals surface area contributed by atoms with E-state index in [4.69, 9.17) is 14.5 Å². The number of nitrogens with zero attached hydrogens (tertiary/aromatic N) is 3. The fourth-order valence-electron chi connectivity index (χ4n) is 4.14. The molecule has 2 aromatic rings. The van der Waals surface area contributed by atoms with Crippen LogP contribution in [0.3, 0.4) is 0 Å². The van der Waals surface area contributed by atoms with Crippen LogP contribution in [-0.4, -0.2) is 42.0 Å². The largest absolute Gasteiger partial charge is 0.493 e. The van der Waals surface area contributed by atoms with Crippen LogP contribution in [-0.2, 0) is 20.0 Å². The van der Waals surface area contributed by atoms with Crippen LogP contribution < -0.4 is 20.1 Å². The van der Waals surface area contributed by atoms with Crippen molar-refractivity contribution in [2.75, 3.05) is 20.2 Å². The monoisotopic (exact) mass is 427 g/mol. The second-order valence-corrected chi connectivity index (χ2v) is 8.12. The molecule has 0 amide bonds. The van der Waals surface area contributed by atoms with Crippen molar-refractivity contribution in [3.8, 4) is 11.5 Å². The van der Waals surface area contributed by atoms with E-state index in [0.717, 1.165) is 61.1 Å². The lowest BCUT2D eigenvalue weighted by Crippen LogP contribution is -2.38. The maximum Gasteiger partial charge on any atom is 0.191 e. The summed E-state index contributed by atoms with van der Waals surface area (Å²) in [6.07, 6.45) is 5.87. The number of hydrogen-bond acceptors (Lipinski definition) is 4. The Balaban J connectivity index is 1.68. The van der Waals surface area contributed by atoms with E-state index < -0.39 is 0 Å². The van der Waals surface area contributed by atoms with E-state index in [1.54, 1.807) is 7.11 Å². The highest BCUT2D eigenvalue weighted by molar-refractivity contribution is 5.79. The van der Waals surface area contributed by atoms with E-state index in [1.165, 1.54) is 24.1 Å². The molecule has 1 fully saturated rings. The number of aromatic nitrogens is 2. The predicted molar refractivity (Wildman–Crippen MR) is 125 cm³/mol. The Morgan fingerprint density at radius 2 is 2.00 bits per heavy atom. The minimum absolute atomic E-state index is 0.274. The van der Waals surface area contributed by atoms with Gasteiger partial charge in [-0.15, -0.1) is 0 Å². The molecule has 7 heteroatoms. The smallest absolute Gasteiger partial charge is 0.191 e. The predicted octanol–water partition coefficient (Wildman–Crippen LogP) is 3.66. The summed E-state index contributed by atoms with van der Waals surface area (Å²) < 4.78 is 13.9. The quantitative estimate of drug-likeness (QED) is 0.472. The van der Waals surface area contributed by atoms with Gasteiger partial charge in [-0.1, -0.05) is 12.1 Å². The average Bonchev–Trinajstić information content (AvgIpc) is 3.36. The Morgan fingerprint density at radius 3 is 2.65 bits per heavy atom. The average molecular weight is 428 g/mol. The Labute approximate surface area is 186 Å². The number of aliphatic imine (C=N–C) groups is 1. The summed E-state index contributed by atoms with van der Waals surface area (Å²) in [4.78, 5) is 4.81. The number of hydrogen-bond donors (Lipinski definition) is 2. The molecule has 7 nitrogen and oxygen atoms in total. The second kappa shape index (κ2) is 11.1. The van der Waals surface area contributed by atoms with Gasteiger partial charge in [0.1, 0.15) is 0 Å². The first-order valence-electron chi connectivity index (χ1n) is 11.4. The van der Waals surface area contributed by atoms with E-state index in [2.05, 4.69) is 42.6 Å². The first-order valence-corrected chi connectivity index (χ1v) is 11.4. The lowest BCUT2D eigenvalue weighted by molar-refractivity contribution is 0.198.